The van der Waals surface area contributed by atoms with Gasteiger partial charge in [-0.3, -0.25) is 0 Å². The van der Waals surface area contributed by atoms with Crippen molar-refractivity contribution in [3.05, 3.63) is 28.8 Å². The SMILES string of the molecule is Cc1nc(-c2ccc(OCC(C)C)c(N)c2)sc1C(=O)OC(C)C. The second-order valence-corrected chi connectivity index (χ2v) is 7.34. The Labute approximate surface area is 146 Å². The zero-order valence-electron chi connectivity index (χ0n) is 14.8. The van der Waals surface area contributed by atoms with E-state index in [1.165, 1.54) is 11.3 Å². The maximum atomic E-state index is 12.1. The predicted octanol–water partition coefficient (Wildman–Crippen LogP) is 4.30. The van der Waals surface area contributed by atoms with Gasteiger partial charge in [0.1, 0.15) is 15.6 Å². The Morgan fingerprint density at radius 2 is 2.00 bits per heavy atom. The number of anilines is 1. The predicted molar refractivity (Wildman–Crippen MR) is 97.6 cm³/mol. The molecule has 1 aromatic carbocycles. The number of rotatable bonds is 6. The molecule has 0 amide bonds. The number of nitrogens with two attached hydrogens (primary N) is 1. The van der Waals surface area contributed by atoms with Crippen molar-refractivity contribution in [1.82, 2.24) is 4.98 Å². The largest absolute Gasteiger partial charge is 0.491 e. The van der Waals surface area contributed by atoms with Gasteiger partial charge in [0.05, 0.1) is 24.1 Å². The highest BCUT2D eigenvalue weighted by Gasteiger charge is 2.19. The lowest BCUT2D eigenvalue weighted by molar-refractivity contribution is 0.0382. The Kier molecular flexibility index (Phi) is 5.83. The van der Waals surface area contributed by atoms with Crippen molar-refractivity contribution in [3.8, 4) is 16.3 Å². The lowest BCUT2D eigenvalue weighted by atomic mass is 10.2. The van der Waals surface area contributed by atoms with Crippen LogP contribution in [-0.2, 0) is 4.74 Å². The van der Waals surface area contributed by atoms with Crippen molar-refractivity contribution in [1.29, 1.82) is 0 Å². The summed E-state index contributed by atoms with van der Waals surface area (Å²) in [6.45, 7) is 10.2. The van der Waals surface area contributed by atoms with Crippen molar-refractivity contribution in [2.75, 3.05) is 12.3 Å². The van der Waals surface area contributed by atoms with Crippen LogP contribution in [-0.4, -0.2) is 23.7 Å². The van der Waals surface area contributed by atoms with E-state index in [2.05, 4.69) is 18.8 Å². The van der Waals surface area contributed by atoms with Gasteiger partial charge in [-0.05, 0) is 44.9 Å². The summed E-state index contributed by atoms with van der Waals surface area (Å²) >= 11 is 1.31. The van der Waals surface area contributed by atoms with Gasteiger partial charge in [-0.25, -0.2) is 9.78 Å². The number of benzene rings is 1. The summed E-state index contributed by atoms with van der Waals surface area (Å²) in [5.74, 6) is 0.761. The van der Waals surface area contributed by atoms with Crippen LogP contribution in [0.15, 0.2) is 18.2 Å². The van der Waals surface area contributed by atoms with Crippen LogP contribution < -0.4 is 10.5 Å². The second-order valence-electron chi connectivity index (χ2n) is 6.35. The third kappa shape index (κ3) is 4.47. The molecule has 1 heterocycles. The number of hydrogen-bond acceptors (Lipinski definition) is 6. The highest BCUT2D eigenvalue weighted by atomic mass is 32.1. The standard InChI is InChI=1S/C18H24N2O3S/c1-10(2)9-22-15-7-6-13(8-14(15)19)17-20-12(5)16(24-17)18(21)23-11(3)4/h6-8,10-11H,9,19H2,1-5H3. The fraction of sp³-hybridized carbons (Fsp3) is 0.444. The molecule has 0 fully saturated rings. The fourth-order valence-corrected chi connectivity index (χ4v) is 2.99. The highest BCUT2D eigenvalue weighted by Crippen LogP contribution is 2.33. The maximum absolute atomic E-state index is 12.1. The van der Waals surface area contributed by atoms with Crippen LogP contribution in [0.3, 0.4) is 0 Å². The van der Waals surface area contributed by atoms with E-state index < -0.39 is 0 Å². The van der Waals surface area contributed by atoms with Crippen LogP contribution in [0.25, 0.3) is 10.6 Å². The van der Waals surface area contributed by atoms with E-state index in [0.29, 0.717) is 34.5 Å². The molecule has 1 aromatic heterocycles. The minimum atomic E-state index is -0.337. The summed E-state index contributed by atoms with van der Waals surface area (Å²) in [6.07, 6.45) is -0.157. The molecule has 130 valence electrons. The molecule has 0 saturated heterocycles. The smallest absolute Gasteiger partial charge is 0.350 e. The first-order valence-corrected chi connectivity index (χ1v) is 8.80. The molecule has 0 atom stereocenters. The Hall–Kier alpha value is -2.08. The molecule has 0 aliphatic carbocycles. The fourth-order valence-electron chi connectivity index (χ4n) is 2.05. The van der Waals surface area contributed by atoms with E-state index in [1.54, 1.807) is 6.92 Å². The summed E-state index contributed by atoms with van der Waals surface area (Å²) in [5.41, 5.74) is 8.17. The highest BCUT2D eigenvalue weighted by molar-refractivity contribution is 7.17. The van der Waals surface area contributed by atoms with Crippen LogP contribution in [0.2, 0.25) is 0 Å². The lowest BCUT2D eigenvalue weighted by Crippen LogP contribution is -2.11. The number of ether oxygens (including phenoxy) is 2. The van der Waals surface area contributed by atoms with Gasteiger partial charge in [0.25, 0.3) is 0 Å². The van der Waals surface area contributed by atoms with Crippen LogP contribution >= 0.6 is 11.3 Å². The number of nitrogen functional groups attached to an aromatic ring is 1. The average molecular weight is 348 g/mol. The van der Waals surface area contributed by atoms with Crippen molar-refractivity contribution in [3.63, 3.8) is 0 Å². The topological polar surface area (TPSA) is 74.4 Å². The van der Waals surface area contributed by atoms with Gasteiger partial charge >= 0.3 is 5.97 Å². The minimum absolute atomic E-state index is 0.157. The summed E-state index contributed by atoms with van der Waals surface area (Å²) in [6, 6.07) is 5.57. The van der Waals surface area contributed by atoms with Gasteiger partial charge in [-0.1, -0.05) is 13.8 Å². The molecule has 6 heteroatoms. The Morgan fingerprint density at radius 1 is 1.29 bits per heavy atom. The van der Waals surface area contributed by atoms with E-state index in [9.17, 15) is 4.79 Å². The van der Waals surface area contributed by atoms with Crippen molar-refractivity contribution < 1.29 is 14.3 Å². The third-order valence-corrected chi connectivity index (χ3v) is 4.34. The molecule has 0 spiro atoms. The minimum Gasteiger partial charge on any atom is -0.491 e. The van der Waals surface area contributed by atoms with Gasteiger partial charge in [0, 0.05) is 5.56 Å². The number of carbonyl (C=O) groups is 1. The number of carbonyl (C=O) groups excluding carboxylic acids is 1. The zero-order valence-corrected chi connectivity index (χ0v) is 15.6. The first-order valence-electron chi connectivity index (χ1n) is 7.99. The van der Waals surface area contributed by atoms with Gasteiger partial charge < -0.3 is 15.2 Å². The molecule has 0 unspecified atom stereocenters. The Balaban J connectivity index is 2.23. The van der Waals surface area contributed by atoms with E-state index in [4.69, 9.17) is 15.2 Å². The number of nitrogens with zero attached hydrogens (tertiary/aromatic N) is 1. The van der Waals surface area contributed by atoms with E-state index >= 15 is 0 Å². The summed E-state index contributed by atoms with van der Waals surface area (Å²) < 4.78 is 10.9. The van der Waals surface area contributed by atoms with E-state index in [-0.39, 0.29) is 12.1 Å². The molecular weight excluding hydrogens is 324 g/mol. The molecule has 5 nitrogen and oxygen atoms in total. The van der Waals surface area contributed by atoms with Gasteiger partial charge in [-0.2, -0.15) is 0 Å². The molecule has 2 aromatic rings. The summed E-state index contributed by atoms with van der Waals surface area (Å²) in [4.78, 5) is 17.1. The summed E-state index contributed by atoms with van der Waals surface area (Å²) in [7, 11) is 0. The first-order chi connectivity index (χ1) is 11.3. The van der Waals surface area contributed by atoms with Gasteiger partial charge in [0.2, 0.25) is 0 Å². The van der Waals surface area contributed by atoms with Gasteiger partial charge in [0.15, 0.2) is 0 Å². The van der Waals surface area contributed by atoms with Crippen molar-refractivity contribution in [2.24, 2.45) is 5.92 Å². The molecule has 0 bridgehead atoms. The maximum Gasteiger partial charge on any atom is 0.350 e. The van der Waals surface area contributed by atoms with E-state index in [0.717, 1.165) is 10.6 Å². The quantitative estimate of drug-likeness (QED) is 0.622. The molecule has 2 N–H and O–H groups in total. The molecule has 2 rings (SSSR count). The molecule has 0 aliphatic rings. The number of aryl methyl sites for hydroxylation is 1. The first kappa shape index (κ1) is 18.3. The second kappa shape index (κ2) is 7.66. The molecule has 0 radical (unpaired) electrons. The molecule has 24 heavy (non-hydrogen) atoms. The number of hydrogen-bond donors (Lipinski definition) is 1. The summed E-state index contributed by atoms with van der Waals surface area (Å²) in [5, 5.41) is 0.741. The zero-order chi connectivity index (χ0) is 17.9. The molecule has 0 aliphatic heterocycles. The number of aromatic nitrogens is 1. The average Bonchev–Trinajstić information content (AvgIpc) is 2.87. The van der Waals surface area contributed by atoms with Gasteiger partial charge in [-0.15, -0.1) is 11.3 Å². The number of esters is 1. The Bertz CT molecular complexity index is 723. The molecule has 0 saturated carbocycles. The van der Waals surface area contributed by atoms with Crippen LogP contribution in [0, 0.1) is 12.8 Å². The lowest BCUT2D eigenvalue weighted by Gasteiger charge is -2.11. The third-order valence-electron chi connectivity index (χ3n) is 3.15. The number of thiazole rings is 1. The van der Waals surface area contributed by atoms with Crippen LogP contribution in [0.1, 0.15) is 43.1 Å². The van der Waals surface area contributed by atoms with Crippen molar-refractivity contribution >= 4 is 23.0 Å². The molecular formula is C18H24N2O3S. The van der Waals surface area contributed by atoms with Crippen LogP contribution in [0.5, 0.6) is 5.75 Å². The van der Waals surface area contributed by atoms with Crippen molar-refractivity contribution in [2.45, 2.75) is 40.7 Å². The van der Waals surface area contributed by atoms with E-state index in [1.807, 2.05) is 32.0 Å². The normalized spacial score (nSPS) is 11.1. The van der Waals surface area contributed by atoms with Crippen LogP contribution in [0.4, 0.5) is 5.69 Å². The monoisotopic (exact) mass is 348 g/mol. The Morgan fingerprint density at radius 3 is 2.58 bits per heavy atom.